The first kappa shape index (κ1) is 17.1. The normalized spacial score (nSPS) is 10.5. The summed E-state index contributed by atoms with van der Waals surface area (Å²) in [5, 5.41) is 13.9. The molecule has 1 aromatic carbocycles. The lowest BCUT2D eigenvalue weighted by molar-refractivity contribution is -0.137. The van der Waals surface area contributed by atoms with Crippen LogP contribution in [0.2, 0.25) is 0 Å². The Kier molecular flexibility index (Phi) is 6.22. The number of hydrogen-bond acceptors (Lipinski definition) is 4. The standard InChI is InChI=1S/C16H17FN2O3S/c17-12-5-3-11(4-6-12)8-15-19-13(10-23-15)9-14(20)18-7-1-2-16(21)22/h3-6,10H,1-2,7-9H2,(H,18,20)(H,21,22). The fraction of sp³-hybridized carbons (Fsp3) is 0.312. The maximum absolute atomic E-state index is 12.9. The third kappa shape index (κ3) is 6.15. The summed E-state index contributed by atoms with van der Waals surface area (Å²) in [6, 6.07) is 6.25. The fourth-order valence-electron chi connectivity index (χ4n) is 1.98. The van der Waals surface area contributed by atoms with Crippen molar-refractivity contribution in [3.8, 4) is 0 Å². The van der Waals surface area contributed by atoms with E-state index in [2.05, 4.69) is 10.3 Å². The Balaban J connectivity index is 1.78. The average Bonchev–Trinajstić information content (AvgIpc) is 2.93. The molecule has 0 aliphatic heterocycles. The number of benzene rings is 1. The number of carboxylic acid groups (broad SMARTS) is 1. The SMILES string of the molecule is O=C(O)CCCNC(=O)Cc1csc(Cc2ccc(F)cc2)n1. The summed E-state index contributed by atoms with van der Waals surface area (Å²) in [5.41, 5.74) is 1.65. The van der Waals surface area contributed by atoms with Crippen molar-refractivity contribution in [3.05, 3.63) is 51.7 Å². The molecular weight excluding hydrogens is 319 g/mol. The van der Waals surface area contributed by atoms with Crippen LogP contribution in [-0.2, 0) is 22.4 Å². The zero-order valence-electron chi connectivity index (χ0n) is 12.4. The highest BCUT2D eigenvalue weighted by molar-refractivity contribution is 7.09. The molecular formula is C16H17FN2O3S. The van der Waals surface area contributed by atoms with Gasteiger partial charge >= 0.3 is 5.97 Å². The molecule has 122 valence electrons. The number of rotatable bonds is 8. The lowest BCUT2D eigenvalue weighted by atomic mass is 10.1. The van der Waals surface area contributed by atoms with Gasteiger partial charge in [-0.1, -0.05) is 12.1 Å². The number of nitrogens with one attached hydrogen (secondary N) is 1. The molecule has 23 heavy (non-hydrogen) atoms. The van der Waals surface area contributed by atoms with E-state index in [1.54, 1.807) is 12.1 Å². The minimum atomic E-state index is -0.871. The van der Waals surface area contributed by atoms with Crippen LogP contribution in [0.15, 0.2) is 29.6 Å². The van der Waals surface area contributed by atoms with E-state index in [9.17, 15) is 14.0 Å². The molecule has 1 amide bonds. The molecule has 0 atom stereocenters. The molecule has 5 nitrogen and oxygen atoms in total. The van der Waals surface area contributed by atoms with Gasteiger partial charge in [0, 0.05) is 24.8 Å². The molecule has 0 radical (unpaired) electrons. The van der Waals surface area contributed by atoms with E-state index in [0.29, 0.717) is 25.1 Å². The van der Waals surface area contributed by atoms with Crippen LogP contribution in [0, 0.1) is 5.82 Å². The molecule has 0 bridgehead atoms. The van der Waals surface area contributed by atoms with Gasteiger partial charge in [-0.3, -0.25) is 9.59 Å². The Hall–Kier alpha value is -2.28. The average molecular weight is 336 g/mol. The van der Waals surface area contributed by atoms with Gasteiger partial charge in [0.05, 0.1) is 17.1 Å². The van der Waals surface area contributed by atoms with Gasteiger partial charge in [0.15, 0.2) is 0 Å². The van der Waals surface area contributed by atoms with Crippen molar-refractivity contribution in [2.45, 2.75) is 25.7 Å². The summed E-state index contributed by atoms with van der Waals surface area (Å²) >= 11 is 1.46. The Labute approximate surface area is 137 Å². The van der Waals surface area contributed by atoms with Crippen molar-refractivity contribution >= 4 is 23.2 Å². The van der Waals surface area contributed by atoms with Crippen molar-refractivity contribution in [1.29, 1.82) is 0 Å². The third-order valence-corrected chi connectivity index (χ3v) is 4.00. The number of hydrogen-bond donors (Lipinski definition) is 2. The van der Waals surface area contributed by atoms with Gasteiger partial charge in [0.1, 0.15) is 5.82 Å². The first-order valence-corrected chi connectivity index (χ1v) is 8.07. The molecule has 7 heteroatoms. The second-order valence-corrected chi connectivity index (χ2v) is 6.00. The first-order valence-electron chi connectivity index (χ1n) is 7.19. The van der Waals surface area contributed by atoms with Gasteiger partial charge in [-0.25, -0.2) is 9.37 Å². The van der Waals surface area contributed by atoms with Gasteiger partial charge in [-0.2, -0.15) is 0 Å². The van der Waals surface area contributed by atoms with E-state index in [-0.39, 0.29) is 24.6 Å². The summed E-state index contributed by atoms with van der Waals surface area (Å²) in [6.07, 6.45) is 1.23. The molecule has 0 fully saturated rings. The minimum Gasteiger partial charge on any atom is -0.481 e. The number of aromatic nitrogens is 1. The quantitative estimate of drug-likeness (QED) is 0.726. The summed E-state index contributed by atoms with van der Waals surface area (Å²) in [4.78, 5) is 26.5. The zero-order valence-corrected chi connectivity index (χ0v) is 13.2. The van der Waals surface area contributed by atoms with E-state index in [0.717, 1.165) is 10.6 Å². The summed E-state index contributed by atoms with van der Waals surface area (Å²) in [6.45, 7) is 0.345. The van der Waals surface area contributed by atoms with Crippen LogP contribution < -0.4 is 5.32 Å². The molecule has 2 aromatic rings. The van der Waals surface area contributed by atoms with Crippen molar-refractivity contribution in [3.63, 3.8) is 0 Å². The molecule has 1 heterocycles. The molecule has 2 N–H and O–H groups in total. The van der Waals surface area contributed by atoms with E-state index in [4.69, 9.17) is 5.11 Å². The monoisotopic (exact) mass is 336 g/mol. The highest BCUT2D eigenvalue weighted by atomic mass is 32.1. The molecule has 0 aliphatic carbocycles. The van der Waals surface area contributed by atoms with Crippen molar-refractivity contribution in [1.82, 2.24) is 10.3 Å². The maximum Gasteiger partial charge on any atom is 0.303 e. The molecule has 2 rings (SSSR count). The Bertz CT molecular complexity index is 670. The molecule has 0 saturated carbocycles. The molecule has 0 saturated heterocycles. The van der Waals surface area contributed by atoms with Crippen molar-refractivity contribution in [2.24, 2.45) is 0 Å². The van der Waals surface area contributed by atoms with Gasteiger partial charge < -0.3 is 10.4 Å². The lowest BCUT2D eigenvalue weighted by Gasteiger charge is -2.02. The number of aliphatic carboxylic acids is 1. The topological polar surface area (TPSA) is 79.3 Å². The van der Waals surface area contributed by atoms with Crippen LogP contribution in [0.4, 0.5) is 4.39 Å². The fourth-order valence-corrected chi connectivity index (χ4v) is 2.81. The second-order valence-electron chi connectivity index (χ2n) is 5.06. The number of nitrogens with zero attached hydrogens (tertiary/aromatic N) is 1. The highest BCUT2D eigenvalue weighted by Crippen LogP contribution is 2.15. The maximum atomic E-state index is 12.9. The second kappa shape index (κ2) is 8.38. The lowest BCUT2D eigenvalue weighted by Crippen LogP contribution is -2.26. The summed E-state index contributed by atoms with van der Waals surface area (Å²) in [5.74, 6) is -1.31. The Morgan fingerprint density at radius 1 is 1.26 bits per heavy atom. The number of thiazole rings is 1. The highest BCUT2D eigenvalue weighted by Gasteiger charge is 2.08. The van der Waals surface area contributed by atoms with E-state index >= 15 is 0 Å². The number of carbonyl (C=O) groups excluding carboxylic acids is 1. The van der Waals surface area contributed by atoms with Gasteiger partial charge in [0.2, 0.25) is 5.91 Å². The number of amides is 1. The Morgan fingerprint density at radius 3 is 2.70 bits per heavy atom. The molecule has 0 spiro atoms. The summed E-state index contributed by atoms with van der Waals surface area (Å²) in [7, 11) is 0. The number of carbonyl (C=O) groups is 2. The van der Waals surface area contributed by atoms with Crippen LogP contribution in [-0.4, -0.2) is 28.5 Å². The van der Waals surface area contributed by atoms with Gasteiger partial charge in [0.25, 0.3) is 0 Å². The van der Waals surface area contributed by atoms with Gasteiger partial charge in [-0.15, -0.1) is 11.3 Å². The molecule has 1 aromatic heterocycles. The largest absolute Gasteiger partial charge is 0.481 e. The summed E-state index contributed by atoms with van der Waals surface area (Å²) < 4.78 is 12.9. The van der Waals surface area contributed by atoms with E-state index < -0.39 is 5.97 Å². The van der Waals surface area contributed by atoms with Crippen molar-refractivity contribution in [2.75, 3.05) is 6.54 Å². The van der Waals surface area contributed by atoms with E-state index in [1.165, 1.54) is 23.5 Å². The van der Waals surface area contributed by atoms with Crippen LogP contribution >= 0.6 is 11.3 Å². The third-order valence-electron chi connectivity index (χ3n) is 3.10. The number of halogens is 1. The Morgan fingerprint density at radius 2 is 2.00 bits per heavy atom. The zero-order chi connectivity index (χ0) is 16.7. The smallest absolute Gasteiger partial charge is 0.303 e. The first-order chi connectivity index (χ1) is 11.0. The van der Waals surface area contributed by atoms with Crippen molar-refractivity contribution < 1.29 is 19.1 Å². The predicted octanol–water partition coefficient (Wildman–Crippen LogP) is 2.40. The van der Waals surface area contributed by atoms with Crippen LogP contribution in [0.3, 0.4) is 0 Å². The van der Waals surface area contributed by atoms with Gasteiger partial charge in [-0.05, 0) is 24.1 Å². The molecule has 0 unspecified atom stereocenters. The minimum absolute atomic E-state index is 0.0405. The predicted molar refractivity (Wildman–Crippen MR) is 84.9 cm³/mol. The van der Waals surface area contributed by atoms with Crippen LogP contribution in [0.1, 0.15) is 29.1 Å². The number of carboxylic acids is 1. The van der Waals surface area contributed by atoms with E-state index in [1.807, 2.05) is 5.38 Å². The van der Waals surface area contributed by atoms with Crippen LogP contribution in [0.5, 0.6) is 0 Å². The van der Waals surface area contributed by atoms with Crippen LogP contribution in [0.25, 0.3) is 0 Å². The molecule has 0 aliphatic rings.